The van der Waals surface area contributed by atoms with Crippen LogP contribution in [0.15, 0.2) is 18.2 Å². The number of nitrogens with zero attached hydrogens (tertiary/aromatic N) is 1. The maximum atomic E-state index is 13.3. The van der Waals surface area contributed by atoms with Crippen LogP contribution in [0.2, 0.25) is 0 Å². The molecule has 1 amide bonds. The molecule has 0 heterocycles. The van der Waals surface area contributed by atoms with Crippen LogP contribution >= 0.6 is 11.8 Å². The molecule has 0 aromatic heterocycles. The fourth-order valence-electron chi connectivity index (χ4n) is 1.15. The molecule has 0 atom stereocenters. The van der Waals surface area contributed by atoms with Crippen LogP contribution in [0.4, 0.5) is 8.78 Å². The predicted molar refractivity (Wildman–Crippen MR) is 66.7 cm³/mol. The third-order valence-corrected chi connectivity index (χ3v) is 3.10. The molecule has 98 valence electrons. The lowest BCUT2D eigenvalue weighted by molar-refractivity contribution is -0.125. The van der Waals surface area contributed by atoms with E-state index in [0.29, 0.717) is 0 Å². The highest BCUT2D eigenvalue weighted by atomic mass is 32.2. The summed E-state index contributed by atoms with van der Waals surface area (Å²) in [4.78, 5) is 24.3. The van der Waals surface area contributed by atoms with E-state index in [1.807, 2.05) is 0 Å². The maximum absolute atomic E-state index is 13.3. The van der Waals surface area contributed by atoms with Crippen LogP contribution in [-0.2, 0) is 4.79 Å². The van der Waals surface area contributed by atoms with Gasteiger partial charge in [0.15, 0.2) is 5.78 Å². The van der Waals surface area contributed by atoms with Crippen LogP contribution in [0, 0.1) is 11.6 Å². The minimum Gasteiger partial charge on any atom is -0.348 e. The first-order valence-electron chi connectivity index (χ1n) is 5.18. The van der Waals surface area contributed by atoms with Gasteiger partial charge in [0.2, 0.25) is 5.91 Å². The number of halogens is 2. The standard InChI is InChI=1S/C12H13F2NO2S/c1-15(2)12(17)7-18-6-11(16)9-5-8(13)3-4-10(9)14/h3-5H,6-7H2,1-2H3. The summed E-state index contributed by atoms with van der Waals surface area (Å²) < 4.78 is 26.1. The van der Waals surface area contributed by atoms with Gasteiger partial charge in [0.25, 0.3) is 0 Å². The van der Waals surface area contributed by atoms with Crippen molar-refractivity contribution >= 4 is 23.5 Å². The Morgan fingerprint density at radius 3 is 2.50 bits per heavy atom. The molecule has 6 heteroatoms. The Labute approximate surface area is 108 Å². The van der Waals surface area contributed by atoms with Gasteiger partial charge in [-0.3, -0.25) is 9.59 Å². The molecule has 0 spiro atoms. The highest BCUT2D eigenvalue weighted by Gasteiger charge is 2.14. The summed E-state index contributed by atoms with van der Waals surface area (Å²) in [5.74, 6) is -1.98. The van der Waals surface area contributed by atoms with Gasteiger partial charge in [0.05, 0.1) is 17.1 Å². The summed E-state index contributed by atoms with van der Waals surface area (Å²) in [6.07, 6.45) is 0. The molecular weight excluding hydrogens is 260 g/mol. The zero-order valence-corrected chi connectivity index (χ0v) is 10.9. The van der Waals surface area contributed by atoms with Gasteiger partial charge >= 0.3 is 0 Å². The largest absolute Gasteiger partial charge is 0.348 e. The Bertz CT molecular complexity index is 463. The topological polar surface area (TPSA) is 37.4 Å². The van der Waals surface area contributed by atoms with E-state index < -0.39 is 17.4 Å². The van der Waals surface area contributed by atoms with Gasteiger partial charge in [-0.1, -0.05) is 0 Å². The van der Waals surface area contributed by atoms with Crippen molar-refractivity contribution in [2.75, 3.05) is 25.6 Å². The first-order chi connectivity index (χ1) is 8.41. The Morgan fingerprint density at radius 2 is 1.89 bits per heavy atom. The molecule has 0 radical (unpaired) electrons. The molecule has 18 heavy (non-hydrogen) atoms. The van der Waals surface area contributed by atoms with Crippen LogP contribution in [0.25, 0.3) is 0 Å². The second-order valence-electron chi connectivity index (χ2n) is 3.83. The van der Waals surface area contributed by atoms with Crippen molar-refractivity contribution < 1.29 is 18.4 Å². The fraction of sp³-hybridized carbons (Fsp3) is 0.333. The van der Waals surface area contributed by atoms with Crippen molar-refractivity contribution in [2.24, 2.45) is 0 Å². The van der Waals surface area contributed by atoms with E-state index in [4.69, 9.17) is 0 Å². The summed E-state index contributed by atoms with van der Waals surface area (Å²) in [6, 6.07) is 2.74. The van der Waals surface area contributed by atoms with Gasteiger partial charge in [0, 0.05) is 14.1 Å². The zero-order valence-electron chi connectivity index (χ0n) is 10.1. The van der Waals surface area contributed by atoms with Crippen molar-refractivity contribution in [3.8, 4) is 0 Å². The molecule has 0 saturated heterocycles. The van der Waals surface area contributed by atoms with E-state index in [1.54, 1.807) is 14.1 Å². The third kappa shape index (κ3) is 4.10. The average molecular weight is 273 g/mol. The monoisotopic (exact) mass is 273 g/mol. The van der Waals surface area contributed by atoms with Crippen molar-refractivity contribution in [1.82, 2.24) is 4.90 Å². The molecule has 0 unspecified atom stereocenters. The molecule has 0 aliphatic carbocycles. The molecule has 1 rings (SSSR count). The number of amides is 1. The highest BCUT2D eigenvalue weighted by Crippen LogP contribution is 2.13. The minimum atomic E-state index is -0.749. The number of hydrogen-bond acceptors (Lipinski definition) is 3. The zero-order chi connectivity index (χ0) is 13.7. The Hall–Kier alpha value is -1.43. The van der Waals surface area contributed by atoms with Crippen LogP contribution in [0.3, 0.4) is 0 Å². The average Bonchev–Trinajstić information content (AvgIpc) is 2.31. The molecule has 0 fully saturated rings. The van der Waals surface area contributed by atoms with Crippen LogP contribution < -0.4 is 0 Å². The number of carbonyl (C=O) groups is 2. The van der Waals surface area contributed by atoms with Crippen LogP contribution in [-0.4, -0.2) is 42.2 Å². The molecule has 0 aliphatic rings. The van der Waals surface area contributed by atoms with Crippen molar-refractivity contribution in [1.29, 1.82) is 0 Å². The summed E-state index contributed by atoms with van der Waals surface area (Å²) >= 11 is 1.08. The smallest absolute Gasteiger partial charge is 0.232 e. The third-order valence-electron chi connectivity index (χ3n) is 2.19. The van der Waals surface area contributed by atoms with Gasteiger partial charge in [0.1, 0.15) is 11.6 Å². The highest BCUT2D eigenvalue weighted by molar-refractivity contribution is 8.00. The lowest BCUT2D eigenvalue weighted by Gasteiger charge is -2.09. The summed E-state index contributed by atoms with van der Waals surface area (Å²) in [5, 5.41) is 0. The molecule has 0 N–H and O–H groups in total. The molecule has 0 bridgehead atoms. The fourth-order valence-corrected chi connectivity index (χ4v) is 2.02. The van der Waals surface area contributed by atoms with E-state index in [-0.39, 0.29) is 23.0 Å². The number of hydrogen-bond donors (Lipinski definition) is 0. The minimum absolute atomic E-state index is 0.0556. The summed E-state index contributed by atoms with van der Waals surface area (Å²) in [7, 11) is 3.22. The lowest BCUT2D eigenvalue weighted by atomic mass is 10.1. The predicted octanol–water partition coefficient (Wildman–Crippen LogP) is 1.97. The van der Waals surface area contributed by atoms with E-state index >= 15 is 0 Å². The Kier molecular flexibility index (Phi) is 5.27. The Morgan fingerprint density at radius 1 is 1.22 bits per heavy atom. The molecule has 1 aromatic rings. The summed E-state index contributed by atoms with van der Waals surface area (Å²) in [6.45, 7) is 0. The number of thioether (sulfide) groups is 1. The Balaban J connectivity index is 2.56. The first-order valence-corrected chi connectivity index (χ1v) is 6.33. The number of benzene rings is 1. The first kappa shape index (κ1) is 14.6. The lowest BCUT2D eigenvalue weighted by Crippen LogP contribution is -2.24. The summed E-state index contributed by atoms with van der Waals surface area (Å²) in [5.41, 5.74) is -0.278. The second-order valence-corrected chi connectivity index (χ2v) is 4.81. The molecule has 1 aromatic carbocycles. The molecular formula is C12H13F2NO2S. The quantitative estimate of drug-likeness (QED) is 0.770. The van der Waals surface area contributed by atoms with Crippen LogP contribution in [0.5, 0.6) is 0 Å². The van der Waals surface area contributed by atoms with Crippen molar-refractivity contribution in [3.05, 3.63) is 35.4 Å². The van der Waals surface area contributed by atoms with Gasteiger partial charge in [-0.25, -0.2) is 8.78 Å². The molecule has 0 saturated carbocycles. The van der Waals surface area contributed by atoms with E-state index in [0.717, 1.165) is 30.0 Å². The van der Waals surface area contributed by atoms with Crippen molar-refractivity contribution in [3.63, 3.8) is 0 Å². The number of rotatable bonds is 5. The van der Waals surface area contributed by atoms with E-state index in [9.17, 15) is 18.4 Å². The maximum Gasteiger partial charge on any atom is 0.232 e. The number of carbonyl (C=O) groups excluding carboxylic acids is 2. The van der Waals surface area contributed by atoms with E-state index in [1.165, 1.54) is 4.90 Å². The van der Waals surface area contributed by atoms with E-state index in [2.05, 4.69) is 0 Å². The van der Waals surface area contributed by atoms with Crippen LogP contribution in [0.1, 0.15) is 10.4 Å². The molecule has 3 nitrogen and oxygen atoms in total. The second kappa shape index (κ2) is 6.49. The van der Waals surface area contributed by atoms with Gasteiger partial charge in [-0.2, -0.15) is 0 Å². The van der Waals surface area contributed by atoms with Crippen molar-refractivity contribution in [2.45, 2.75) is 0 Å². The SMILES string of the molecule is CN(C)C(=O)CSCC(=O)c1cc(F)ccc1F. The number of ketones is 1. The molecule has 0 aliphatic heterocycles. The van der Waals surface area contributed by atoms with Gasteiger partial charge < -0.3 is 4.90 Å². The van der Waals surface area contributed by atoms with Gasteiger partial charge in [-0.15, -0.1) is 11.8 Å². The number of Topliss-reactive ketones (excluding diaryl/α,β-unsaturated/α-hetero) is 1. The normalized spacial score (nSPS) is 10.2. The van der Waals surface area contributed by atoms with Gasteiger partial charge in [-0.05, 0) is 18.2 Å².